The van der Waals surface area contributed by atoms with E-state index in [2.05, 4.69) is 48.5 Å². The van der Waals surface area contributed by atoms with Crippen LogP contribution in [0.25, 0.3) is 60.5 Å². The lowest BCUT2D eigenvalue weighted by Crippen LogP contribution is -1.74. The van der Waals surface area contributed by atoms with E-state index in [1.807, 2.05) is 22.7 Å². The highest BCUT2D eigenvalue weighted by atomic mass is 32.1. The molecule has 0 radical (unpaired) electrons. The van der Waals surface area contributed by atoms with Crippen LogP contribution in [0.15, 0.2) is 48.5 Å². The topological polar surface area (TPSA) is 40.5 Å². The van der Waals surface area contributed by atoms with Gasteiger partial charge < -0.3 is 10.2 Å². The van der Waals surface area contributed by atoms with E-state index in [1.165, 1.54) is 60.5 Å². The quantitative estimate of drug-likeness (QED) is 0.275. The molecule has 3 aromatic carbocycles. The van der Waals surface area contributed by atoms with E-state index in [0.717, 1.165) is 9.75 Å². The van der Waals surface area contributed by atoms with E-state index < -0.39 is 0 Å². The minimum atomic E-state index is 0.0825. The van der Waals surface area contributed by atoms with Crippen LogP contribution in [0.1, 0.15) is 9.75 Å². The molecular weight excluding hydrogens is 449 g/mol. The van der Waals surface area contributed by atoms with Crippen LogP contribution in [-0.4, -0.2) is 10.2 Å². The summed E-state index contributed by atoms with van der Waals surface area (Å²) < 4.78 is 7.64. The van der Waals surface area contributed by atoms with E-state index in [1.54, 1.807) is 22.7 Å². The van der Waals surface area contributed by atoms with Gasteiger partial charge in [0, 0.05) is 70.3 Å². The number of hydrogen-bond donors (Lipinski definition) is 2. The van der Waals surface area contributed by atoms with Crippen LogP contribution in [0, 0.1) is 0 Å². The summed E-state index contributed by atoms with van der Waals surface area (Å²) in [5.74, 6) is 0. The van der Waals surface area contributed by atoms with E-state index in [9.17, 15) is 10.2 Å². The Bertz CT molecular complexity index is 1650. The van der Waals surface area contributed by atoms with Crippen LogP contribution in [0.2, 0.25) is 0 Å². The Kier molecular flexibility index (Phi) is 3.66. The van der Waals surface area contributed by atoms with Gasteiger partial charge in [-0.15, -0.1) is 45.3 Å². The number of rotatable bonds is 2. The van der Waals surface area contributed by atoms with Gasteiger partial charge in [0.05, 0.1) is 13.2 Å². The minimum Gasteiger partial charge on any atom is -0.391 e. The maximum Gasteiger partial charge on any atom is 0.0774 e. The van der Waals surface area contributed by atoms with Gasteiger partial charge >= 0.3 is 0 Å². The SMILES string of the molecule is OCc1cc2c(ccc3sc4ccc5sc6ccc7sc(CO)cc7c6c5c4c32)s1. The molecule has 0 aliphatic heterocycles. The Morgan fingerprint density at radius 1 is 0.467 bits per heavy atom. The molecule has 0 bridgehead atoms. The number of thiophene rings is 4. The normalized spacial score (nSPS) is 12.6. The van der Waals surface area contributed by atoms with E-state index >= 15 is 0 Å². The summed E-state index contributed by atoms with van der Waals surface area (Å²) in [6.45, 7) is 0.165. The number of fused-ring (bicyclic) bond motifs is 11. The van der Waals surface area contributed by atoms with Crippen LogP contribution in [-0.2, 0) is 13.2 Å². The van der Waals surface area contributed by atoms with Gasteiger partial charge in [0.25, 0.3) is 0 Å². The zero-order valence-corrected chi connectivity index (χ0v) is 18.8. The van der Waals surface area contributed by atoms with Crippen LogP contribution in [0.5, 0.6) is 0 Å². The van der Waals surface area contributed by atoms with Gasteiger partial charge in [-0.05, 0) is 48.5 Å². The molecule has 0 saturated heterocycles. The Hall–Kier alpha value is -2.06. The molecular formula is C24H14O2S4. The maximum atomic E-state index is 9.69. The molecule has 0 aliphatic rings. The van der Waals surface area contributed by atoms with Crippen molar-refractivity contribution in [2.45, 2.75) is 13.2 Å². The zero-order chi connectivity index (χ0) is 20.0. The number of benzene rings is 3. The highest BCUT2D eigenvalue weighted by Gasteiger charge is 2.18. The predicted molar refractivity (Wildman–Crippen MR) is 135 cm³/mol. The molecule has 2 N–H and O–H groups in total. The molecule has 7 rings (SSSR count). The lowest BCUT2D eigenvalue weighted by atomic mass is 10.0. The second kappa shape index (κ2) is 6.23. The van der Waals surface area contributed by atoms with Crippen molar-refractivity contribution in [3.8, 4) is 0 Å². The van der Waals surface area contributed by atoms with Gasteiger partial charge in [0.2, 0.25) is 0 Å². The molecule has 0 amide bonds. The minimum absolute atomic E-state index is 0.0825. The van der Waals surface area contributed by atoms with Crippen molar-refractivity contribution >= 4 is 106 Å². The van der Waals surface area contributed by atoms with Gasteiger partial charge in [0.1, 0.15) is 0 Å². The summed E-state index contributed by atoms with van der Waals surface area (Å²) in [4.78, 5) is 2.01. The maximum absolute atomic E-state index is 9.69. The number of aliphatic hydroxyl groups is 2. The summed E-state index contributed by atoms with van der Waals surface area (Å²) >= 11 is 7.04. The first-order valence-electron chi connectivity index (χ1n) is 9.61. The molecule has 0 spiro atoms. The number of aliphatic hydroxyl groups excluding tert-OH is 2. The highest BCUT2D eigenvalue weighted by molar-refractivity contribution is 7.28. The van der Waals surface area contributed by atoms with Gasteiger partial charge in [-0.25, -0.2) is 0 Å². The monoisotopic (exact) mass is 462 g/mol. The van der Waals surface area contributed by atoms with Crippen molar-refractivity contribution in [1.82, 2.24) is 0 Å². The van der Waals surface area contributed by atoms with Crippen LogP contribution in [0.3, 0.4) is 0 Å². The Balaban J connectivity index is 1.78. The first-order valence-corrected chi connectivity index (χ1v) is 12.9. The van der Waals surface area contributed by atoms with Crippen molar-refractivity contribution in [3.63, 3.8) is 0 Å². The molecule has 2 nitrogen and oxygen atoms in total. The summed E-state index contributed by atoms with van der Waals surface area (Å²) in [7, 11) is 0. The third kappa shape index (κ3) is 2.24. The van der Waals surface area contributed by atoms with Crippen molar-refractivity contribution in [2.24, 2.45) is 0 Å². The van der Waals surface area contributed by atoms with E-state index in [4.69, 9.17) is 0 Å². The third-order valence-electron chi connectivity index (χ3n) is 5.81. The molecule has 0 saturated carbocycles. The van der Waals surface area contributed by atoms with E-state index in [0.29, 0.717) is 0 Å². The largest absolute Gasteiger partial charge is 0.391 e. The fraction of sp³-hybridized carbons (Fsp3) is 0.0833. The van der Waals surface area contributed by atoms with E-state index in [-0.39, 0.29) is 13.2 Å². The fourth-order valence-corrected chi connectivity index (χ4v) is 8.72. The van der Waals surface area contributed by atoms with Crippen molar-refractivity contribution in [2.75, 3.05) is 0 Å². The number of hydrogen-bond acceptors (Lipinski definition) is 6. The first-order chi connectivity index (χ1) is 14.7. The van der Waals surface area contributed by atoms with Crippen molar-refractivity contribution in [1.29, 1.82) is 0 Å². The average Bonchev–Trinajstić information content (AvgIpc) is 3.51. The molecule has 146 valence electrons. The summed E-state index contributed by atoms with van der Waals surface area (Å²) in [6, 6.07) is 17.7. The predicted octanol–water partition coefficient (Wildman–Crippen LogP) is 7.84. The first kappa shape index (κ1) is 17.6. The van der Waals surface area contributed by atoms with Gasteiger partial charge in [0.15, 0.2) is 0 Å². The highest BCUT2D eigenvalue weighted by Crippen LogP contribution is 2.49. The lowest BCUT2D eigenvalue weighted by Gasteiger charge is -2.00. The molecule has 4 heterocycles. The molecule has 6 heteroatoms. The Morgan fingerprint density at radius 2 is 0.833 bits per heavy atom. The average molecular weight is 463 g/mol. The molecule has 0 fully saturated rings. The summed E-state index contributed by atoms with van der Waals surface area (Å²) in [5.41, 5.74) is 0. The van der Waals surface area contributed by atoms with Crippen LogP contribution in [0.4, 0.5) is 0 Å². The standard InChI is InChI=1S/C24H14O2S4/c25-9-11-7-13-15(27-11)1-3-17-21(13)23-19(29-17)5-6-20-24(23)22-14-8-12(10-26)28-16(14)2-4-18(22)30-20/h1-8,25-26H,9-10H2. The third-order valence-corrected chi connectivity index (χ3v) is 10.2. The molecule has 0 aliphatic carbocycles. The summed E-state index contributed by atoms with van der Waals surface area (Å²) in [5, 5.41) is 27.2. The van der Waals surface area contributed by atoms with Gasteiger partial charge in [-0.2, -0.15) is 0 Å². The van der Waals surface area contributed by atoms with Crippen LogP contribution < -0.4 is 0 Å². The molecule has 0 atom stereocenters. The van der Waals surface area contributed by atoms with Crippen molar-refractivity contribution < 1.29 is 10.2 Å². The molecule has 30 heavy (non-hydrogen) atoms. The zero-order valence-electron chi connectivity index (χ0n) is 15.6. The summed E-state index contributed by atoms with van der Waals surface area (Å²) in [6.07, 6.45) is 0. The second-order valence-electron chi connectivity index (χ2n) is 7.46. The van der Waals surface area contributed by atoms with Gasteiger partial charge in [-0.3, -0.25) is 0 Å². The molecule has 0 unspecified atom stereocenters. The van der Waals surface area contributed by atoms with Gasteiger partial charge in [-0.1, -0.05) is 0 Å². The second-order valence-corrected chi connectivity index (χ2v) is 12.0. The Morgan fingerprint density at radius 3 is 1.23 bits per heavy atom. The lowest BCUT2D eigenvalue weighted by molar-refractivity contribution is 0.285. The van der Waals surface area contributed by atoms with Crippen LogP contribution >= 0.6 is 45.3 Å². The Labute approximate surface area is 186 Å². The fourth-order valence-electron chi connectivity index (χ4n) is 4.60. The smallest absolute Gasteiger partial charge is 0.0774 e. The molecule has 4 aromatic heterocycles. The van der Waals surface area contributed by atoms with Crippen molar-refractivity contribution in [3.05, 3.63) is 58.3 Å². The molecule has 7 aromatic rings.